The van der Waals surface area contributed by atoms with Crippen LogP contribution < -0.4 is 0 Å². The van der Waals surface area contributed by atoms with E-state index in [0.717, 1.165) is 109 Å². The van der Waals surface area contributed by atoms with Crippen molar-refractivity contribution >= 4 is 47.4 Å². The molecule has 0 aliphatic rings. The molecular formula is C56H76O8S2. The second kappa shape index (κ2) is 29.3. The molecule has 0 amide bonds. The molecule has 2 N–H and O–H groups in total. The van der Waals surface area contributed by atoms with Crippen molar-refractivity contribution in [2.45, 2.75) is 140 Å². The van der Waals surface area contributed by atoms with Crippen LogP contribution >= 0.6 is 23.5 Å². The number of benzene rings is 4. The Kier molecular flexibility index (Phi) is 24.7. The van der Waals surface area contributed by atoms with Crippen molar-refractivity contribution in [3.8, 4) is 0 Å². The van der Waals surface area contributed by atoms with Crippen molar-refractivity contribution in [1.82, 2.24) is 0 Å². The lowest BCUT2D eigenvalue weighted by Crippen LogP contribution is -2.34. The zero-order valence-electron chi connectivity index (χ0n) is 40.4. The van der Waals surface area contributed by atoms with Crippen molar-refractivity contribution in [1.29, 1.82) is 0 Å². The highest BCUT2D eigenvalue weighted by molar-refractivity contribution is 7.99. The summed E-state index contributed by atoms with van der Waals surface area (Å²) >= 11 is 3.82. The lowest BCUT2D eigenvalue weighted by molar-refractivity contribution is -0.150. The summed E-state index contributed by atoms with van der Waals surface area (Å²) in [6.45, 7) is 12.1. The molecule has 4 aromatic rings. The van der Waals surface area contributed by atoms with Crippen LogP contribution in [-0.4, -0.2) is 70.3 Å². The van der Waals surface area contributed by atoms with E-state index in [2.05, 4.69) is 0 Å². The van der Waals surface area contributed by atoms with Gasteiger partial charge in [-0.1, -0.05) is 147 Å². The SMILES string of the molecule is CC(CCCCSCCCCC(C)(C(=O)O)c1ccccc1)(C(=O)O)c1ccccc1.CCOC(=O)C(C)(CCCCSCCCCC(C)(C(=O)OCC)c1ccccc1)c1ccccc1. The van der Waals surface area contributed by atoms with E-state index < -0.39 is 33.6 Å². The van der Waals surface area contributed by atoms with Gasteiger partial charge in [0.2, 0.25) is 0 Å². The number of carboxylic acids is 2. The van der Waals surface area contributed by atoms with E-state index in [0.29, 0.717) is 26.1 Å². The minimum absolute atomic E-state index is 0.137. The summed E-state index contributed by atoms with van der Waals surface area (Å²) in [7, 11) is 0. The van der Waals surface area contributed by atoms with E-state index in [9.17, 15) is 29.4 Å². The third-order valence-electron chi connectivity index (χ3n) is 12.9. The first-order chi connectivity index (χ1) is 31.7. The minimum atomic E-state index is -0.843. The van der Waals surface area contributed by atoms with Gasteiger partial charge in [0.15, 0.2) is 0 Å². The topological polar surface area (TPSA) is 127 Å². The first kappa shape index (κ1) is 55.8. The van der Waals surface area contributed by atoms with Gasteiger partial charge in [-0.2, -0.15) is 23.5 Å². The molecule has 0 saturated heterocycles. The first-order valence-corrected chi connectivity index (χ1v) is 26.2. The number of carbonyl (C=O) groups excluding carboxylic acids is 2. The van der Waals surface area contributed by atoms with Crippen LogP contribution in [0, 0.1) is 0 Å². The normalized spacial score (nSPS) is 14.8. The summed E-state index contributed by atoms with van der Waals surface area (Å²) in [6.07, 6.45) is 10.6. The molecule has 4 unspecified atom stereocenters. The number of aliphatic carboxylic acids is 2. The van der Waals surface area contributed by atoms with E-state index >= 15 is 0 Å². The summed E-state index contributed by atoms with van der Waals surface area (Å²) in [4.78, 5) is 49.1. The lowest BCUT2D eigenvalue weighted by Gasteiger charge is -2.28. The largest absolute Gasteiger partial charge is 0.481 e. The maximum absolute atomic E-state index is 12.7. The van der Waals surface area contributed by atoms with Crippen molar-refractivity contribution < 1.29 is 38.9 Å². The predicted molar refractivity (Wildman–Crippen MR) is 274 cm³/mol. The molecule has 0 fully saturated rings. The van der Waals surface area contributed by atoms with Crippen LogP contribution in [-0.2, 0) is 50.3 Å². The zero-order chi connectivity index (χ0) is 48.3. The van der Waals surface area contributed by atoms with Crippen LogP contribution in [0.3, 0.4) is 0 Å². The number of carboxylic acid groups (broad SMARTS) is 2. The predicted octanol–water partition coefficient (Wildman–Crippen LogP) is 13.2. The van der Waals surface area contributed by atoms with E-state index in [-0.39, 0.29) is 11.9 Å². The van der Waals surface area contributed by atoms with Crippen molar-refractivity contribution in [3.05, 3.63) is 144 Å². The van der Waals surface area contributed by atoms with Gasteiger partial charge >= 0.3 is 23.9 Å². The number of thioether (sulfide) groups is 2. The molecule has 0 aliphatic heterocycles. The molecule has 0 aliphatic carbocycles. The summed E-state index contributed by atoms with van der Waals surface area (Å²) in [5, 5.41) is 19.5. The molecule has 0 heterocycles. The number of rotatable bonds is 30. The van der Waals surface area contributed by atoms with Gasteiger partial charge < -0.3 is 19.7 Å². The third-order valence-corrected chi connectivity index (χ3v) is 15.2. The Morgan fingerprint density at radius 2 is 0.621 bits per heavy atom. The van der Waals surface area contributed by atoms with Crippen LogP contribution in [0.2, 0.25) is 0 Å². The van der Waals surface area contributed by atoms with Gasteiger partial charge in [0.05, 0.1) is 34.9 Å². The molecule has 4 aromatic carbocycles. The van der Waals surface area contributed by atoms with Crippen molar-refractivity contribution in [3.63, 3.8) is 0 Å². The van der Waals surface area contributed by atoms with E-state index in [4.69, 9.17) is 9.47 Å². The van der Waals surface area contributed by atoms with Crippen molar-refractivity contribution in [2.24, 2.45) is 0 Å². The second-order valence-corrected chi connectivity index (χ2v) is 20.3. The fourth-order valence-electron chi connectivity index (χ4n) is 8.22. The number of esters is 2. The standard InChI is InChI=1S/C30H42O4S.C26H34O4S/c1-5-33-27(31)29(3,25-17-9-7-10-18-25)21-13-15-23-35-24-16-14-22-30(4,28(32)34-6-2)26-19-11-8-12-20-26;1-25(23(27)28,21-13-5-3-6-14-21)17-9-11-19-31-20-12-10-18-26(2,24(29)30)22-15-7-4-8-16-22/h7-12,17-20H,5-6,13-16,21-24H2,1-4H3;3-8,13-16H,9-12,17-20H2,1-2H3,(H,27,28)(H,29,30). The third kappa shape index (κ3) is 17.0. The minimum Gasteiger partial charge on any atom is -0.481 e. The molecule has 0 saturated carbocycles. The maximum atomic E-state index is 12.7. The van der Waals surface area contributed by atoms with Gasteiger partial charge in [-0.05, 0) is 138 Å². The van der Waals surface area contributed by atoms with Gasteiger partial charge in [0.1, 0.15) is 0 Å². The van der Waals surface area contributed by atoms with E-state index in [1.54, 1.807) is 0 Å². The Hall–Kier alpha value is -4.54. The molecule has 360 valence electrons. The molecule has 4 rings (SSSR count). The molecule has 0 spiro atoms. The Balaban J connectivity index is 0.000000353. The molecule has 10 heteroatoms. The van der Waals surface area contributed by atoms with Gasteiger partial charge in [-0.15, -0.1) is 0 Å². The molecule has 0 aromatic heterocycles. The number of hydrogen-bond acceptors (Lipinski definition) is 8. The molecular weight excluding hydrogens is 865 g/mol. The second-order valence-electron chi connectivity index (χ2n) is 17.9. The number of carbonyl (C=O) groups is 4. The van der Waals surface area contributed by atoms with Gasteiger partial charge in [0.25, 0.3) is 0 Å². The van der Waals surface area contributed by atoms with Crippen LogP contribution in [0.4, 0.5) is 0 Å². The van der Waals surface area contributed by atoms with Gasteiger partial charge in [0, 0.05) is 0 Å². The number of unbranched alkanes of at least 4 members (excludes halogenated alkanes) is 4. The monoisotopic (exact) mass is 940 g/mol. The van der Waals surface area contributed by atoms with Crippen LogP contribution in [0.5, 0.6) is 0 Å². The summed E-state index contributed by atoms with van der Waals surface area (Å²) in [6, 6.07) is 38.9. The van der Waals surface area contributed by atoms with Crippen LogP contribution in [0.25, 0.3) is 0 Å². The summed E-state index contributed by atoms with van der Waals surface area (Å²) < 4.78 is 10.8. The highest BCUT2D eigenvalue weighted by Gasteiger charge is 2.38. The summed E-state index contributed by atoms with van der Waals surface area (Å²) in [5.41, 5.74) is 0.872. The molecule has 4 atom stereocenters. The van der Waals surface area contributed by atoms with Gasteiger partial charge in [-0.3, -0.25) is 19.2 Å². The number of hydrogen-bond donors (Lipinski definition) is 2. The smallest absolute Gasteiger partial charge is 0.316 e. The Morgan fingerprint density at radius 1 is 0.394 bits per heavy atom. The molecule has 0 radical (unpaired) electrons. The highest BCUT2D eigenvalue weighted by atomic mass is 32.2. The van der Waals surface area contributed by atoms with E-state index in [1.807, 2.05) is 186 Å². The number of ether oxygens (including phenoxy) is 2. The lowest BCUT2D eigenvalue weighted by atomic mass is 9.78. The van der Waals surface area contributed by atoms with E-state index in [1.165, 1.54) is 0 Å². The Bertz CT molecular complexity index is 1860. The Labute approximate surface area is 404 Å². The van der Waals surface area contributed by atoms with Gasteiger partial charge in [-0.25, -0.2) is 0 Å². The van der Waals surface area contributed by atoms with Crippen LogP contribution in [0.15, 0.2) is 121 Å². The summed E-state index contributed by atoms with van der Waals surface area (Å²) in [5.74, 6) is 2.32. The quantitative estimate of drug-likeness (QED) is 0.0385. The van der Waals surface area contributed by atoms with Crippen molar-refractivity contribution in [2.75, 3.05) is 36.2 Å². The average molecular weight is 941 g/mol. The zero-order valence-corrected chi connectivity index (χ0v) is 42.1. The molecule has 8 nitrogen and oxygen atoms in total. The van der Waals surface area contributed by atoms with Crippen LogP contribution in [0.1, 0.15) is 141 Å². The highest BCUT2D eigenvalue weighted by Crippen LogP contribution is 2.35. The fourth-order valence-corrected chi connectivity index (χ4v) is 10.3. The first-order valence-electron chi connectivity index (χ1n) is 23.9. The fraction of sp³-hybridized carbons (Fsp3) is 0.500. The average Bonchev–Trinajstić information content (AvgIpc) is 3.33. The Morgan fingerprint density at radius 3 is 0.848 bits per heavy atom. The molecule has 66 heavy (non-hydrogen) atoms. The maximum Gasteiger partial charge on any atom is 0.316 e. The molecule has 0 bridgehead atoms.